The van der Waals surface area contributed by atoms with Crippen molar-refractivity contribution in [2.24, 2.45) is 5.73 Å². The van der Waals surface area contributed by atoms with Crippen LogP contribution in [0.5, 0.6) is 0 Å². The lowest BCUT2D eigenvalue weighted by atomic mass is 9.78. The standard InChI is InChI=1S/C14H15BrN2O2/c15-10-4-1-3-9-7-11(19-12(9)10)13(18)17-8-14(16)5-2-6-14/h1,3-4,7H,2,5-6,8,16H2,(H,17,18). The zero-order valence-electron chi connectivity index (χ0n) is 10.4. The van der Waals surface area contributed by atoms with Crippen LogP contribution in [0.15, 0.2) is 33.2 Å². The molecule has 1 heterocycles. The van der Waals surface area contributed by atoms with Gasteiger partial charge in [-0.3, -0.25) is 4.79 Å². The maximum Gasteiger partial charge on any atom is 0.287 e. The third-order valence-corrected chi connectivity index (χ3v) is 4.29. The Morgan fingerprint density at radius 3 is 2.89 bits per heavy atom. The molecule has 1 aromatic heterocycles. The average Bonchev–Trinajstić information content (AvgIpc) is 2.79. The fourth-order valence-electron chi connectivity index (χ4n) is 2.29. The molecule has 0 atom stereocenters. The summed E-state index contributed by atoms with van der Waals surface area (Å²) >= 11 is 3.40. The lowest BCUT2D eigenvalue weighted by molar-refractivity contribution is 0.0904. The van der Waals surface area contributed by atoms with Crippen molar-refractivity contribution in [3.05, 3.63) is 34.5 Å². The minimum atomic E-state index is -0.220. The topological polar surface area (TPSA) is 68.3 Å². The number of para-hydroxylation sites is 1. The van der Waals surface area contributed by atoms with E-state index < -0.39 is 0 Å². The number of benzene rings is 1. The van der Waals surface area contributed by atoms with Gasteiger partial charge in [-0.25, -0.2) is 0 Å². The highest BCUT2D eigenvalue weighted by atomic mass is 79.9. The van der Waals surface area contributed by atoms with E-state index in [0.29, 0.717) is 17.9 Å². The number of carbonyl (C=O) groups excluding carboxylic acids is 1. The number of hydrogen-bond acceptors (Lipinski definition) is 3. The van der Waals surface area contributed by atoms with Gasteiger partial charge in [-0.05, 0) is 47.3 Å². The molecule has 0 saturated heterocycles. The van der Waals surface area contributed by atoms with E-state index in [1.807, 2.05) is 18.2 Å². The van der Waals surface area contributed by atoms with E-state index in [1.165, 1.54) is 0 Å². The zero-order chi connectivity index (χ0) is 13.5. The molecule has 2 aromatic rings. The van der Waals surface area contributed by atoms with E-state index in [-0.39, 0.29) is 11.4 Å². The molecule has 1 aromatic carbocycles. The first-order valence-electron chi connectivity index (χ1n) is 6.33. The maximum absolute atomic E-state index is 12.0. The number of nitrogens with one attached hydrogen (secondary N) is 1. The zero-order valence-corrected chi connectivity index (χ0v) is 12.0. The van der Waals surface area contributed by atoms with Gasteiger partial charge < -0.3 is 15.5 Å². The Kier molecular flexibility index (Phi) is 3.11. The number of fused-ring (bicyclic) bond motifs is 1. The van der Waals surface area contributed by atoms with Gasteiger partial charge in [-0.2, -0.15) is 0 Å². The highest BCUT2D eigenvalue weighted by Crippen LogP contribution is 2.29. The van der Waals surface area contributed by atoms with Crippen molar-refractivity contribution in [3.8, 4) is 0 Å². The summed E-state index contributed by atoms with van der Waals surface area (Å²) in [5, 5.41) is 3.76. The van der Waals surface area contributed by atoms with Gasteiger partial charge in [0.2, 0.25) is 0 Å². The van der Waals surface area contributed by atoms with Crippen molar-refractivity contribution in [2.45, 2.75) is 24.8 Å². The summed E-state index contributed by atoms with van der Waals surface area (Å²) in [5.74, 6) is 0.115. The van der Waals surface area contributed by atoms with Crippen LogP contribution in [0.1, 0.15) is 29.8 Å². The molecule has 0 spiro atoms. The summed E-state index contributed by atoms with van der Waals surface area (Å²) in [6.07, 6.45) is 3.09. The number of amides is 1. The fraction of sp³-hybridized carbons (Fsp3) is 0.357. The molecular formula is C14H15BrN2O2. The molecule has 3 rings (SSSR count). The SMILES string of the molecule is NC1(CNC(=O)c2cc3cccc(Br)c3o2)CCC1. The molecule has 5 heteroatoms. The summed E-state index contributed by atoms with van der Waals surface area (Å²) in [4.78, 5) is 12.0. The first kappa shape index (κ1) is 12.7. The normalized spacial score (nSPS) is 17.2. The van der Waals surface area contributed by atoms with Gasteiger partial charge in [-0.1, -0.05) is 12.1 Å². The third-order valence-electron chi connectivity index (χ3n) is 3.67. The smallest absolute Gasteiger partial charge is 0.287 e. The van der Waals surface area contributed by atoms with Crippen molar-refractivity contribution in [1.82, 2.24) is 5.32 Å². The molecule has 0 bridgehead atoms. The van der Waals surface area contributed by atoms with Crippen molar-refractivity contribution in [1.29, 1.82) is 0 Å². The molecule has 100 valence electrons. The maximum atomic E-state index is 12.0. The highest BCUT2D eigenvalue weighted by Gasteiger charge is 2.32. The fourth-order valence-corrected chi connectivity index (χ4v) is 2.75. The van der Waals surface area contributed by atoms with E-state index in [0.717, 1.165) is 29.1 Å². The van der Waals surface area contributed by atoms with Crippen LogP contribution in [0.25, 0.3) is 11.0 Å². The number of nitrogens with two attached hydrogens (primary N) is 1. The quantitative estimate of drug-likeness (QED) is 0.913. The number of halogens is 1. The van der Waals surface area contributed by atoms with E-state index in [4.69, 9.17) is 10.2 Å². The summed E-state index contributed by atoms with van der Waals surface area (Å²) in [6, 6.07) is 7.46. The molecule has 1 aliphatic carbocycles. The van der Waals surface area contributed by atoms with Gasteiger partial charge in [0.05, 0.1) is 4.47 Å². The van der Waals surface area contributed by atoms with Gasteiger partial charge in [-0.15, -0.1) is 0 Å². The molecule has 1 saturated carbocycles. The van der Waals surface area contributed by atoms with Crippen LogP contribution in [-0.4, -0.2) is 18.0 Å². The van der Waals surface area contributed by atoms with Gasteiger partial charge in [0.25, 0.3) is 5.91 Å². The molecule has 0 radical (unpaired) electrons. The third kappa shape index (κ3) is 2.40. The second-order valence-corrected chi connectivity index (χ2v) is 6.02. The highest BCUT2D eigenvalue weighted by molar-refractivity contribution is 9.10. The van der Waals surface area contributed by atoms with Crippen LogP contribution in [0.3, 0.4) is 0 Å². The Balaban J connectivity index is 1.76. The number of furan rings is 1. The molecule has 1 amide bonds. The van der Waals surface area contributed by atoms with Crippen LogP contribution in [0, 0.1) is 0 Å². The lowest BCUT2D eigenvalue weighted by Crippen LogP contribution is -2.54. The molecule has 0 unspecified atom stereocenters. The summed E-state index contributed by atoms with van der Waals surface area (Å²) in [5.41, 5.74) is 6.55. The van der Waals surface area contributed by atoms with Gasteiger partial charge in [0.15, 0.2) is 5.76 Å². The van der Waals surface area contributed by atoms with Gasteiger partial charge in [0, 0.05) is 17.5 Å². The predicted octanol–water partition coefficient (Wildman–Crippen LogP) is 2.81. The molecule has 4 nitrogen and oxygen atoms in total. The molecule has 19 heavy (non-hydrogen) atoms. The van der Waals surface area contributed by atoms with Crippen LogP contribution >= 0.6 is 15.9 Å². The summed E-state index contributed by atoms with van der Waals surface area (Å²) < 4.78 is 6.42. The Hall–Kier alpha value is -1.33. The van der Waals surface area contributed by atoms with Crippen LogP contribution in [-0.2, 0) is 0 Å². The van der Waals surface area contributed by atoms with Crippen LogP contribution in [0.4, 0.5) is 0 Å². The van der Waals surface area contributed by atoms with Crippen molar-refractivity contribution in [3.63, 3.8) is 0 Å². The monoisotopic (exact) mass is 322 g/mol. The van der Waals surface area contributed by atoms with Gasteiger partial charge in [0.1, 0.15) is 5.58 Å². The molecule has 3 N–H and O–H groups in total. The lowest BCUT2D eigenvalue weighted by Gasteiger charge is -2.37. The largest absolute Gasteiger partial charge is 0.450 e. The van der Waals surface area contributed by atoms with E-state index >= 15 is 0 Å². The molecule has 0 aliphatic heterocycles. The summed E-state index contributed by atoms with van der Waals surface area (Å²) in [6.45, 7) is 0.504. The number of rotatable bonds is 3. The first-order chi connectivity index (χ1) is 9.07. The van der Waals surface area contributed by atoms with Gasteiger partial charge >= 0.3 is 0 Å². The second kappa shape index (κ2) is 4.65. The molecule has 1 fully saturated rings. The van der Waals surface area contributed by atoms with Crippen molar-refractivity contribution < 1.29 is 9.21 Å². The number of hydrogen-bond donors (Lipinski definition) is 2. The Morgan fingerprint density at radius 2 is 2.26 bits per heavy atom. The van der Waals surface area contributed by atoms with Crippen LogP contribution < -0.4 is 11.1 Å². The second-order valence-electron chi connectivity index (χ2n) is 5.17. The minimum absolute atomic E-state index is 0.208. The Bertz CT molecular complexity index is 631. The number of carbonyl (C=O) groups is 1. The van der Waals surface area contributed by atoms with Crippen LogP contribution in [0.2, 0.25) is 0 Å². The Labute approximate surface area is 119 Å². The summed E-state index contributed by atoms with van der Waals surface area (Å²) in [7, 11) is 0. The van der Waals surface area contributed by atoms with Crippen molar-refractivity contribution >= 4 is 32.8 Å². The van der Waals surface area contributed by atoms with E-state index in [2.05, 4.69) is 21.2 Å². The van der Waals surface area contributed by atoms with E-state index in [1.54, 1.807) is 6.07 Å². The molecule has 1 aliphatic rings. The molecular weight excluding hydrogens is 308 g/mol. The van der Waals surface area contributed by atoms with Crippen molar-refractivity contribution in [2.75, 3.05) is 6.54 Å². The minimum Gasteiger partial charge on any atom is -0.450 e. The van der Waals surface area contributed by atoms with E-state index in [9.17, 15) is 4.79 Å². The first-order valence-corrected chi connectivity index (χ1v) is 7.12. The average molecular weight is 323 g/mol. The predicted molar refractivity (Wildman–Crippen MR) is 77.0 cm³/mol. The Morgan fingerprint density at radius 1 is 1.47 bits per heavy atom.